The van der Waals surface area contributed by atoms with E-state index < -0.39 is 0 Å². The van der Waals surface area contributed by atoms with Gasteiger partial charge in [-0.25, -0.2) is 19.3 Å². The Labute approximate surface area is 148 Å². The standard InChI is InChI=1S/C18H29N5O2/c1-17(2,3)8-11-10(18(4,5)6)7-12(25-11)23-15-13(22-16(23)24)14(19)20-9-21-15/h9-12H,7-8H2,1-6H3,(H,22,24)(H2,19,20,21)/t10-,11-,12-/m1/s1. The number of aromatic nitrogens is 4. The number of hydrogen-bond acceptors (Lipinski definition) is 5. The first-order valence-electron chi connectivity index (χ1n) is 8.83. The van der Waals surface area contributed by atoms with Crippen LogP contribution < -0.4 is 11.4 Å². The maximum Gasteiger partial charge on any atom is 0.329 e. The molecule has 25 heavy (non-hydrogen) atoms. The van der Waals surface area contributed by atoms with Gasteiger partial charge >= 0.3 is 5.69 Å². The molecule has 7 heteroatoms. The fourth-order valence-electron chi connectivity index (χ4n) is 3.82. The van der Waals surface area contributed by atoms with Crippen LogP contribution in [0.15, 0.2) is 11.1 Å². The predicted octanol–water partition coefficient (Wildman–Crippen LogP) is 3.09. The first kappa shape index (κ1) is 17.9. The zero-order valence-corrected chi connectivity index (χ0v) is 16.0. The molecule has 2 aromatic rings. The van der Waals surface area contributed by atoms with Crippen LogP contribution in [-0.2, 0) is 4.74 Å². The average molecular weight is 347 g/mol. The molecule has 2 aromatic heterocycles. The maximum atomic E-state index is 12.5. The highest BCUT2D eigenvalue weighted by Gasteiger charge is 2.44. The molecule has 0 aromatic carbocycles. The van der Waals surface area contributed by atoms with Crippen LogP contribution in [-0.4, -0.2) is 25.6 Å². The molecule has 0 spiro atoms. The third-order valence-corrected chi connectivity index (χ3v) is 4.99. The lowest BCUT2D eigenvalue weighted by atomic mass is 9.73. The Balaban J connectivity index is 2.01. The van der Waals surface area contributed by atoms with Gasteiger partial charge in [0.05, 0.1) is 6.10 Å². The van der Waals surface area contributed by atoms with Gasteiger partial charge in [-0.2, -0.15) is 0 Å². The van der Waals surface area contributed by atoms with E-state index in [0.29, 0.717) is 17.1 Å². The summed E-state index contributed by atoms with van der Waals surface area (Å²) in [6.45, 7) is 13.4. The zero-order chi connectivity index (χ0) is 18.6. The Hall–Kier alpha value is -1.89. The van der Waals surface area contributed by atoms with Crippen molar-refractivity contribution >= 4 is 17.0 Å². The number of rotatable bonds is 2. The van der Waals surface area contributed by atoms with Crippen LogP contribution in [0.5, 0.6) is 0 Å². The first-order chi connectivity index (χ1) is 11.5. The third kappa shape index (κ3) is 3.42. The summed E-state index contributed by atoms with van der Waals surface area (Å²) in [4.78, 5) is 23.5. The van der Waals surface area contributed by atoms with Crippen molar-refractivity contribution < 1.29 is 4.74 Å². The van der Waals surface area contributed by atoms with E-state index in [-0.39, 0.29) is 34.7 Å². The van der Waals surface area contributed by atoms with Gasteiger partial charge in [0.1, 0.15) is 18.1 Å². The first-order valence-corrected chi connectivity index (χ1v) is 8.83. The highest BCUT2D eigenvalue weighted by molar-refractivity contribution is 5.81. The van der Waals surface area contributed by atoms with Gasteiger partial charge in [0, 0.05) is 0 Å². The lowest BCUT2D eigenvalue weighted by Crippen LogP contribution is -2.31. The van der Waals surface area contributed by atoms with Gasteiger partial charge in [0.25, 0.3) is 0 Å². The topological polar surface area (TPSA) is 98.8 Å². The number of fused-ring (bicyclic) bond motifs is 1. The summed E-state index contributed by atoms with van der Waals surface area (Å²) in [7, 11) is 0. The lowest BCUT2D eigenvalue weighted by Gasteiger charge is -2.33. The van der Waals surface area contributed by atoms with Gasteiger partial charge in [-0.05, 0) is 29.6 Å². The van der Waals surface area contributed by atoms with Gasteiger partial charge in [0.2, 0.25) is 0 Å². The summed E-state index contributed by atoms with van der Waals surface area (Å²) in [6, 6.07) is 0. The van der Waals surface area contributed by atoms with E-state index in [2.05, 4.69) is 56.5 Å². The maximum absolute atomic E-state index is 12.5. The summed E-state index contributed by atoms with van der Waals surface area (Å²) >= 11 is 0. The SMILES string of the molecule is CC(C)(C)C[C@H]1O[C@@H](n2c(=O)[nH]c3c(N)ncnc32)C[C@H]1C(C)(C)C. The Morgan fingerprint density at radius 1 is 1.28 bits per heavy atom. The minimum atomic E-state index is -0.341. The highest BCUT2D eigenvalue weighted by atomic mass is 16.5. The van der Waals surface area contributed by atoms with E-state index in [1.807, 2.05) is 0 Å². The summed E-state index contributed by atoms with van der Waals surface area (Å²) in [5, 5.41) is 0. The quantitative estimate of drug-likeness (QED) is 0.870. The summed E-state index contributed by atoms with van der Waals surface area (Å²) < 4.78 is 7.98. The Bertz CT molecular complexity index is 825. The number of nitrogen functional groups attached to an aromatic ring is 1. The van der Waals surface area contributed by atoms with Gasteiger partial charge in [-0.1, -0.05) is 41.5 Å². The number of anilines is 1. The monoisotopic (exact) mass is 347 g/mol. The molecule has 138 valence electrons. The van der Waals surface area contributed by atoms with Gasteiger partial charge in [-0.15, -0.1) is 0 Å². The smallest absolute Gasteiger partial charge is 0.329 e. The molecule has 0 radical (unpaired) electrons. The van der Waals surface area contributed by atoms with Crippen molar-refractivity contribution in [3.8, 4) is 0 Å². The van der Waals surface area contributed by atoms with Crippen molar-refractivity contribution in [1.82, 2.24) is 19.5 Å². The summed E-state index contributed by atoms with van der Waals surface area (Å²) in [5.74, 6) is 0.630. The van der Waals surface area contributed by atoms with Crippen LogP contribution in [0.1, 0.15) is 60.6 Å². The van der Waals surface area contributed by atoms with Gasteiger partial charge in [-0.3, -0.25) is 0 Å². The van der Waals surface area contributed by atoms with E-state index in [9.17, 15) is 4.79 Å². The molecule has 1 aliphatic heterocycles. The van der Waals surface area contributed by atoms with Crippen molar-refractivity contribution in [2.45, 2.75) is 66.7 Å². The predicted molar refractivity (Wildman–Crippen MR) is 98.1 cm³/mol. The minimum Gasteiger partial charge on any atom is -0.382 e. The fourth-order valence-corrected chi connectivity index (χ4v) is 3.82. The van der Waals surface area contributed by atoms with Crippen molar-refractivity contribution in [3.05, 3.63) is 16.8 Å². The largest absolute Gasteiger partial charge is 0.382 e. The zero-order valence-electron chi connectivity index (χ0n) is 16.0. The van der Waals surface area contributed by atoms with Crippen LogP contribution in [0.2, 0.25) is 0 Å². The van der Waals surface area contributed by atoms with Crippen molar-refractivity contribution in [2.75, 3.05) is 5.73 Å². The van der Waals surface area contributed by atoms with E-state index in [1.165, 1.54) is 6.33 Å². The molecule has 3 rings (SSSR count). The second-order valence-corrected chi connectivity index (χ2v) is 9.36. The number of nitrogens with one attached hydrogen (secondary N) is 1. The molecule has 3 atom stereocenters. The number of nitrogens with two attached hydrogens (primary N) is 1. The summed E-state index contributed by atoms with van der Waals surface area (Å²) in [6.07, 6.45) is 2.86. The second-order valence-electron chi connectivity index (χ2n) is 9.36. The van der Waals surface area contributed by atoms with Crippen LogP contribution >= 0.6 is 0 Å². The van der Waals surface area contributed by atoms with Crippen LogP contribution in [0.3, 0.4) is 0 Å². The fraction of sp³-hybridized carbons (Fsp3) is 0.722. The molecule has 0 saturated carbocycles. The molecule has 0 bridgehead atoms. The lowest BCUT2D eigenvalue weighted by molar-refractivity contribution is -0.0320. The molecule has 3 heterocycles. The highest BCUT2D eigenvalue weighted by Crippen LogP contribution is 2.47. The number of imidazole rings is 1. The third-order valence-electron chi connectivity index (χ3n) is 4.99. The van der Waals surface area contributed by atoms with Crippen LogP contribution in [0, 0.1) is 16.7 Å². The van der Waals surface area contributed by atoms with Gasteiger partial charge < -0.3 is 15.5 Å². The Morgan fingerprint density at radius 2 is 1.96 bits per heavy atom. The molecule has 0 unspecified atom stereocenters. The second kappa shape index (κ2) is 5.83. The molecular formula is C18H29N5O2. The van der Waals surface area contributed by atoms with Crippen LogP contribution in [0.25, 0.3) is 11.2 Å². The molecule has 1 fully saturated rings. The van der Waals surface area contributed by atoms with E-state index in [1.54, 1.807) is 4.57 Å². The number of H-pyrrole nitrogens is 1. The van der Waals surface area contributed by atoms with Crippen molar-refractivity contribution in [3.63, 3.8) is 0 Å². The Morgan fingerprint density at radius 3 is 2.56 bits per heavy atom. The number of hydrogen-bond donors (Lipinski definition) is 2. The number of nitrogens with zero attached hydrogens (tertiary/aromatic N) is 3. The normalized spacial score (nSPS) is 25.0. The molecular weight excluding hydrogens is 318 g/mol. The molecule has 0 amide bonds. The van der Waals surface area contributed by atoms with Gasteiger partial charge in [0.15, 0.2) is 11.5 Å². The van der Waals surface area contributed by atoms with E-state index in [0.717, 1.165) is 12.8 Å². The van der Waals surface area contributed by atoms with Crippen molar-refractivity contribution in [2.24, 2.45) is 16.7 Å². The molecule has 1 saturated heterocycles. The van der Waals surface area contributed by atoms with Crippen molar-refractivity contribution in [1.29, 1.82) is 0 Å². The number of ether oxygens (including phenoxy) is 1. The van der Waals surface area contributed by atoms with Crippen LogP contribution in [0.4, 0.5) is 5.82 Å². The molecule has 7 nitrogen and oxygen atoms in total. The molecule has 3 N–H and O–H groups in total. The average Bonchev–Trinajstić information content (AvgIpc) is 2.98. The van der Waals surface area contributed by atoms with E-state index >= 15 is 0 Å². The molecule has 1 aliphatic rings. The molecule has 0 aliphatic carbocycles. The Kier molecular flexibility index (Phi) is 4.18. The summed E-state index contributed by atoms with van der Waals surface area (Å²) in [5.41, 5.74) is 6.84. The van der Waals surface area contributed by atoms with E-state index in [4.69, 9.17) is 10.5 Å². The minimum absolute atomic E-state index is 0.0917. The number of aromatic amines is 1.